The highest BCUT2D eigenvalue weighted by molar-refractivity contribution is 6.02. The Bertz CT molecular complexity index is 1240. The van der Waals surface area contributed by atoms with E-state index in [2.05, 4.69) is 5.32 Å². The summed E-state index contributed by atoms with van der Waals surface area (Å²) in [5.74, 6) is -6.49. The van der Waals surface area contributed by atoms with Crippen molar-refractivity contribution in [3.8, 4) is 0 Å². The van der Waals surface area contributed by atoms with Crippen molar-refractivity contribution in [1.82, 2.24) is 10.6 Å². The molecule has 2 rings (SSSR count). The van der Waals surface area contributed by atoms with E-state index in [9.17, 15) is 38.7 Å². The molecule has 0 bridgehead atoms. The summed E-state index contributed by atoms with van der Waals surface area (Å²) in [6.45, 7) is 4.64. The van der Waals surface area contributed by atoms with E-state index in [-0.39, 0.29) is 6.42 Å². The third-order valence-electron chi connectivity index (χ3n) is 6.16. The Kier molecular flexibility index (Phi) is 12.9. The standard InChI is InChI=1S/C28H37N3O13/c1-14(32)40-13-20-22(41-15(2)33)23(42-16(3)34)24(43-17(4)35)26(44-20)30-21(36)12-28(5,39)27(38)31-25(37)19(29)11-18-9-7-6-8-10-18/h6-10,19-20,22-24,26,39H,11-13,29H2,1-5H3,(H,30,36)(H,31,37,38)/t19-,20+,22+,23-,24+,26?,28-/m0/s1. The quantitative estimate of drug-likeness (QED) is 0.154. The lowest BCUT2D eigenvalue weighted by atomic mass is 9.96. The molecule has 0 spiro atoms. The summed E-state index contributed by atoms with van der Waals surface area (Å²) >= 11 is 0. The lowest BCUT2D eigenvalue weighted by Crippen LogP contribution is -2.66. The first-order valence-electron chi connectivity index (χ1n) is 13.5. The van der Waals surface area contributed by atoms with Crippen LogP contribution in [0.1, 0.15) is 46.6 Å². The Morgan fingerprint density at radius 1 is 0.886 bits per heavy atom. The molecule has 5 N–H and O–H groups in total. The molecular weight excluding hydrogens is 586 g/mol. The Morgan fingerprint density at radius 2 is 1.43 bits per heavy atom. The maximum atomic E-state index is 13.0. The largest absolute Gasteiger partial charge is 0.463 e. The average Bonchev–Trinajstić information content (AvgIpc) is 2.90. The van der Waals surface area contributed by atoms with Gasteiger partial charge >= 0.3 is 23.9 Å². The Hall–Kier alpha value is -4.41. The minimum Gasteiger partial charge on any atom is -0.463 e. The number of aliphatic hydroxyl groups is 1. The van der Waals surface area contributed by atoms with E-state index in [1.165, 1.54) is 0 Å². The highest BCUT2D eigenvalue weighted by Gasteiger charge is 2.53. The minimum atomic E-state index is -2.44. The van der Waals surface area contributed by atoms with Gasteiger partial charge in [-0.05, 0) is 18.9 Å². The summed E-state index contributed by atoms with van der Waals surface area (Å²) < 4.78 is 26.5. The number of hydrogen-bond donors (Lipinski definition) is 4. The number of carbonyl (C=O) groups is 7. The summed E-state index contributed by atoms with van der Waals surface area (Å²) in [5.41, 5.74) is 4.18. The van der Waals surface area contributed by atoms with Crippen molar-refractivity contribution >= 4 is 41.6 Å². The molecule has 16 heteroatoms. The molecule has 1 aliphatic rings. The second-order valence-electron chi connectivity index (χ2n) is 10.3. The summed E-state index contributed by atoms with van der Waals surface area (Å²) in [4.78, 5) is 85.4. The number of imide groups is 1. The molecule has 7 atom stereocenters. The van der Waals surface area contributed by atoms with Crippen LogP contribution in [-0.4, -0.2) is 95.6 Å². The number of rotatable bonds is 12. The van der Waals surface area contributed by atoms with Gasteiger partial charge < -0.3 is 39.8 Å². The maximum Gasteiger partial charge on any atom is 0.303 e. The molecule has 3 amide bonds. The van der Waals surface area contributed by atoms with Gasteiger partial charge in [-0.3, -0.25) is 38.9 Å². The van der Waals surface area contributed by atoms with E-state index in [4.69, 9.17) is 29.4 Å². The van der Waals surface area contributed by atoms with E-state index in [1.807, 2.05) is 5.32 Å². The summed E-state index contributed by atoms with van der Waals surface area (Å²) in [7, 11) is 0. The SMILES string of the molecule is CC(=O)OC[C@H]1OC(NC(=O)C[C@](C)(O)C(=O)NC(=O)[C@@H](N)Cc2ccccc2)[C@H](OC(C)=O)[C@@H](OC(C)=O)[C@@H]1OC(C)=O. The number of nitrogens with one attached hydrogen (secondary N) is 2. The van der Waals surface area contributed by atoms with Gasteiger partial charge in [-0.2, -0.15) is 0 Å². The molecule has 16 nitrogen and oxygen atoms in total. The third-order valence-corrected chi connectivity index (χ3v) is 6.16. The van der Waals surface area contributed by atoms with E-state index < -0.39 is 96.9 Å². The minimum absolute atomic E-state index is 0.103. The zero-order chi connectivity index (χ0) is 33.2. The van der Waals surface area contributed by atoms with Gasteiger partial charge in [0.2, 0.25) is 11.8 Å². The zero-order valence-electron chi connectivity index (χ0n) is 24.9. The second-order valence-corrected chi connectivity index (χ2v) is 10.3. The third kappa shape index (κ3) is 11.0. The van der Waals surface area contributed by atoms with Crippen molar-refractivity contribution in [3.05, 3.63) is 35.9 Å². The number of benzene rings is 1. The molecule has 1 saturated heterocycles. The second kappa shape index (κ2) is 15.9. The normalized spacial score (nSPS) is 23.1. The lowest BCUT2D eigenvalue weighted by molar-refractivity contribution is -0.257. The van der Waals surface area contributed by atoms with Gasteiger partial charge in [-0.1, -0.05) is 30.3 Å². The van der Waals surface area contributed by atoms with Crippen LogP contribution in [0, 0.1) is 0 Å². The first-order valence-corrected chi connectivity index (χ1v) is 13.5. The van der Waals surface area contributed by atoms with Crippen LogP contribution in [0.2, 0.25) is 0 Å². The van der Waals surface area contributed by atoms with Crippen LogP contribution in [0.15, 0.2) is 30.3 Å². The van der Waals surface area contributed by atoms with Crippen LogP contribution in [-0.2, 0) is 63.7 Å². The maximum absolute atomic E-state index is 13.0. The first kappa shape index (κ1) is 35.8. The van der Waals surface area contributed by atoms with Gasteiger partial charge in [0.25, 0.3) is 5.91 Å². The monoisotopic (exact) mass is 623 g/mol. The molecule has 242 valence electrons. The number of carbonyl (C=O) groups excluding carboxylic acids is 7. The van der Waals surface area contributed by atoms with Gasteiger partial charge in [-0.25, -0.2) is 0 Å². The first-order chi connectivity index (χ1) is 20.5. The van der Waals surface area contributed by atoms with Crippen molar-refractivity contribution in [2.24, 2.45) is 5.73 Å². The van der Waals surface area contributed by atoms with Crippen LogP contribution in [0.3, 0.4) is 0 Å². The topological polar surface area (TPSA) is 236 Å². The van der Waals surface area contributed by atoms with Gasteiger partial charge in [-0.15, -0.1) is 0 Å². The number of hydrogen-bond acceptors (Lipinski definition) is 14. The molecule has 0 aliphatic carbocycles. The zero-order valence-corrected chi connectivity index (χ0v) is 24.9. The van der Waals surface area contributed by atoms with Crippen molar-refractivity contribution < 1.29 is 62.4 Å². The van der Waals surface area contributed by atoms with E-state index in [0.717, 1.165) is 40.2 Å². The highest BCUT2D eigenvalue weighted by atomic mass is 16.7. The van der Waals surface area contributed by atoms with Crippen molar-refractivity contribution in [2.45, 2.75) is 89.7 Å². The number of ether oxygens (including phenoxy) is 5. The van der Waals surface area contributed by atoms with Crippen LogP contribution in [0.25, 0.3) is 0 Å². The molecule has 44 heavy (non-hydrogen) atoms. The van der Waals surface area contributed by atoms with Gasteiger partial charge in [0.15, 0.2) is 24.5 Å². The Morgan fingerprint density at radius 3 is 1.98 bits per heavy atom. The molecule has 1 heterocycles. The summed E-state index contributed by atoms with van der Waals surface area (Å²) in [6, 6.07) is 7.62. The van der Waals surface area contributed by atoms with Crippen molar-refractivity contribution in [1.29, 1.82) is 0 Å². The van der Waals surface area contributed by atoms with E-state index in [1.54, 1.807) is 30.3 Å². The summed E-state index contributed by atoms with van der Waals surface area (Å²) in [5, 5.41) is 15.1. The molecule has 1 unspecified atom stereocenters. The molecule has 1 aliphatic heterocycles. The Labute approximate surface area is 252 Å². The van der Waals surface area contributed by atoms with Crippen LogP contribution >= 0.6 is 0 Å². The van der Waals surface area contributed by atoms with E-state index >= 15 is 0 Å². The molecular formula is C28H37N3O13. The van der Waals surface area contributed by atoms with Gasteiger partial charge in [0.1, 0.15) is 18.3 Å². The molecule has 1 fully saturated rings. The van der Waals surface area contributed by atoms with Gasteiger partial charge in [0, 0.05) is 27.7 Å². The Balaban J connectivity index is 2.22. The predicted octanol–water partition coefficient (Wildman–Crippen LogP) is -1.46. The van der Waals surface area contributed by atoms with Crippen LogP contribution in [0.5, 0.6) is 0 Å². The summed E-state index contributed by atoms with van der Waals surface area (Å²) in [6.07, 6.45) is -8.38. The van der Waals surface area contributed by atoms with Crippen molar-refractivity contribution in [2.75, 3.05) is 6.61 Å². The van der Waals surface area contributed by atoms with Crippen LogP contribution in [0.4, 0.5) is 0 Å². The molecule has 0 aromatic heterocycles. The fourth-order valence-corrected chi connectivity index (χ4v) is 4.25. The smallest absolute Gasteiger partial charge is 0.303 e. The van der Waals surface area contributed by atoms with Gasteiger partial charge in [0.05, 0.1) is 12.5 Å². The highest BCUT2D eigenvalue weighted by Crippen LogP contribution is 2.28. The van der Waals surface area contributed by atoms with Crippen molar-refractivity contribution in [3.63, 3.8) is 0 Å². The number of amides is 3. The molecule has 0 radical (unpaired) electrons. The van der Waals surface area contributed by atoms with E-state index in [0.29, 0.717) is 0 Å². The number of nitrogens with two attached hydrogens (primary N) is 1. The number of esters is 4. The fourth-order valence-electron chi connectivity index (χ4n) is 4.25. The lowest BCUT2D eigenvalue weighted by Gasteiger charge is -2.44. The average molecular weight is 624 g/mol. The molecule has 1 aromatic rings. The molecule has 0 saturated carbocycles. The fraction of sp³-hybridized carbons (Fsp3) is 0.536. The van der Waals surface area contributed by atoms with Crippen LogP contribution < -0.4 is 16.4 Å². The molecule has 1 aromatic carbocycles. The predicted molar refractivity (Wildman–Crippen MR) is 147 cm³/mol.